The van der Waals surface area contributed by atoms with E-state index in [2.05, 4.69) is 13.8 Å². The van der Waals surface area contributed by atoms with Gasteiger partial charge in [-0.2, -0.15) is 0 Å². The Morgan fingerprint density at radius 2 is 1.41 bits per heavy atom. The molecule has 0 spiro atoms. The fourth-order valence-electron chi connectivity index (χ4n) is 2.78. The highest BCUT2D eigenvalue weighted by Gasteiger charge is 2.15. The molecule has 0 unspecified atom stereocenters. The van der Waals surface area contributed by atoms with E-state index in [1.54, 1.807) is 0 Å². The summed E-state index contributed by atoms with van der Waals surface area (Å²) in [5, 5.41) is 28.0. The number of carbonyl (C=O) groups excluding carboxylic acids is 2. The van der Waals surface area contributed by atoms with Crippen LogP contribution in [0.1, 0.15) is 82.0 Å². The highest BCUT2D eigenvalue weighted by molar-refractivity contribution is 5.93. The standard InChI is InChI=1S/C21H32O6/c1-15(2)10-8-6-4-3-5-7-9-11-17(22)14-27-21(26)16-12-18(23)20(25)19(24)13-16/h12-13,15,23-25H,3-11,14H2,1-2H3. The van der Waals surface area contributed by atoms with Gasteiger partial charge in [-0.05, 0) is 24.5 Å². The van der Waals surface area contributed by atoms with Crippen molar-refractivity contribution in [3.63, 3.8) is 0 Å². The van der Waals surface area contributed by atoms with Crippen molar-refractivity contribution in [1.82, 2.24) is 0 Å². The first-order valence-corrected chi connectivity index (χ1v) is 9.75. The Morgan fingerprint density at radius 3 is 1.96 bits per heavy atom. The molecule has 6 heteroatoms. The van der Waals surface area contributed by atoms with E-state index >= 15 is 0 Å². The predicted molar refractivity (Wildman–Crippen MR) is 103 cm³/mol. The average molecular weight is 380 g/mol. The van der Waals surface area contributed by atoms with Crippen molar-refractivity contribution in [3.05, 3.63) is 17.7 Å². The molecule has 1 aromatic carbocycles. The summed E-state index contributed by atoms with van der Waals surface area (Å²) < 4.78 is 4.89. The van der Waals surface area contributed by atoms with E-state index in [-0.39, 0.29) is 18.0 Å². The fraction of sp³-hybridized carbons (Fsp3) is 0.619. The molecule has 0 aromatic heterocycles. The quantitative estimate of drug-likeness (QED) is 0.260. The van der Waals surface area contributed by atoms with Crippen LogP contribution in [-0.2, 0) is 9.53 Å². The van der Waals surface area contributed by atoms with Crippen molar-refractivity contribution in [2.24, 2.45) is 5.92 Å². The molecule has 6 nitrogen and oxygen atoms in total. The van der Waals surface area contributed by atoms with Gasteiger partial charge in [0.15, 0.2) is 23.0 Å². The molecule has 0 saturated carbocycles. The molecule has 0 amide bonds. The molecule has 0 radical (unpaired) electrons. The minimum absolute atomic E-state index is 0.131. The van der Waals surface area contributed by atoms with Crippen molar-refractivity contribution in [2.45, 2.75) is 71.6 Å². The molecule has 1 rings (SSSR count). The van der Waals surface area contributed by atoms with E-state index in [1.807, 2.05) is 0 Å². The van der Waals surface area contributed by atoms with Gasteiger partial charge in [-0.3, -0.25) is 4.79 Å². The summed E-state index contributed by atoms with van der Waals surface area (Å²) >= 11 is 0. The lowest BCUT2D eigenvalue weighted by atomic mass is 10.0. The minimum Gasteiger partial charge on any atom is -0.504 e. The Hall–Kier alpha value is -2.24. The lowest BCUT2D eigenvalue weighted by Crippen LogP contribution is -2.13. The van der Waals surface area contributed by atoms with Crippen LogP contribution in [0.2, 0.25) is 0 Å². The van der Waals surface area contributed by atoms with Crippen molar-refractivity contribution in [2.75, 3.05) is 6.61 Å². The SMILES string of the molecule is CC(C)CCCCCCCCCC(=O)COC(=O)c1cc(O)c(O)c(O)c1. The van der Waals surface area contributed by atoms with Gasteiger partial charge in [0, 0.05) is 6.42 Å². The van der Waals surface area contributed by atoms with Crippen LogP contribution in [0.3, 0.4) is 0 Å². The highest BCUT2D eigenvalue weighted by atomic mass is 16.5. The van der Waals surface area contributed by atoms with E-state index in [1.165, 1.54) is 32.1 Å². The molecule has 152 valence electrons. The Bertz CT molecular complexity index is 586. The zero-order valence-electron chi connectivity index (χ0n) is 16.4. The molecule has 0 heterocycles. The van der Waals surface area contributed by atoms with E-state index < -0.39 is 23.2 Å². The maximum absolute atomic E-state index is 11.8. The number of rotatable bonds is 13. The summed E-state index contributed by atoms with van der Waals surface area (Å²) in [4.78, 5) is 23.6. The van der Waals surface area contributed by atoms with Gasteiger partial charge in [-0.25, -0.2) is 4.79 Å². The second-order valence-electron chi connectivity index (χ2n) is 7.39. The first-order chi connectivity index (χ1) is 12.8. The summed E-state index contributed by atoms with van der Waals surface area (Å²) in [6.07, 6.45) is 9.53. The van der Waals surface area contributed by atoms with Gasteiger partial charge < -0.3 is 20.1 Å². The smallest absolute Gasteiger partial charge is 0.338 e. The molecular weight excluding hydrogens is 348 g/mol. The first-order valence-electron chi connectivity index (χ1n) is 9.75. The second kappa shape index (κ2) is 12.2. The van der Waals surface area contributed by atoms with Crippen LogP contribution >= 0.6 is 0 Å². The van der Waals surface area contributed by atoms with Gasteiger partial charge in [0.25, 0.3) is 0 Å². The van der Waals surface area contributed by atoms with Crippen molar-refractivity contribution in [3.8, 4) is 17.2 Å². The van der Waals surface area contributed by atoms with Crippen LogP contribution in [0.4, 0.5) is 0 Å². The van der Waals surface area contributed by atoms with Gasteiger partial charge in [-0.1, -0.05) is 58.8 Å². The van der Waals surface area contributed by atoms with Crippen LogP contribution in [0.5, 0.6) is 17.2 Å². The zero-order valence-corrected chi connectivity index (χ0v) is 16.4. The van der Waals surface area contributed by atoms with Crippen LogP contribution < -0.4 is 0 Å². The molecule has 0 aliphatic heterocycles. The highest BCUT2D eigenvalue weighted by Crippen LogP contribution is 2.35. The predicted octanol–water partition coefficient (Wildman–Crippen LogP) is 4.70. The van der Waals surface area contributed by atoms with Crippen molar-refractivity contribution >= 4 is 11.8 Å². The number of hydrogen-bond acceptors (Lipinski definition) is 6. The van der Waals surface area contributed by atoms with E-state index in [0.717, 1.165) is 37.3 Å². The topological polar surface area (TPSA) is 104 Å². The largest absolute Gasteiger partial charge is 0.504 e. The summed E-state index contributed by atoms with van der Waals surface area (Å²) in [7, 11) is 0. The van der Waals surface area contributed by atoms with Crippen LogP contribution in [0.25, 0.3) is 0 Å². The molecule has 0 atom stereocenters. The molecule has 0 fully saturated rings. The number of aromatic hydroxyl groups is 3. The van der Waals surface area contributed by atoms with Crippen LogP contribution in [-0.4, -0.2) is 33.7 Å². The Balaban J connectivity index is 2.13. The molecule has 1 aromatic rings. The first kappa shape index (κ1) is 22.8. The number of carbonyl (C=O) groups is 2. The monoisotopic (exact) mass is 380 g/mol. The zero-order chi connectivity index (χ0) is 20.2. The number of phenolic OH excluding ortho intramolecular Hbond substituents is 3. The average Bonchev–Trinajstić information content (AvgIpc) is 2.62. The third-order valence-electron chi connectivity index (χ3n) is 4.41. The Labute approximate surface area is 161 Å². The lowest BCUT2D eigenvalue weighted by molar-refractivity contribution is -0.122. The number of esters is 1. The van der Waals surface area contributed by atoms with Gasteiger partial charge in [0.1, 0.15) is 6.61 Å². The Morgan fingerprint density at radius 1 is 0.889 bits per heavy atom. The van der Waals surface area contributed by atoms with Crippen LogP contribution in [0.15, 0.2) is 12.1 Å². The number of ketones is 1. The summed E-state index contributed by atoms with van der Waals surface area (Å²) in [5.74, 6) is -2.18. The summed E-state index contributed by atoms with van der Waals surface area (Å²) in [5.41, 5.74) is -0.131. The van der Waals surface area contributed by atoms with Crippen molar-refractivity contribution < 1.29 is 29.6 Å². The van der Waals surface area contributed by atoms with Crippen molar-refractivity contribution in [1.29, 1.82) is 0 Å². The number of ether oxygens (including phenoxy) is 1. The maximum Gasteiger partial charge on any atom is 0.338 e. The number of phenols is 3. The molecule has 27 heavy (non-hydrogen) atoms. The molecule has 0 saturated heterocycles. The molecule has 3 N–H and O–H groups in total. The number of unbranched alkanes of at least 4 members (excludes halogenated alkanes) is 6. The minimum atomic E-state index is -0.838. The van der Waals surface area contributed by atoms with E-state index in [0.29, 0.717) is 6.42 Å². The van der Waals surface area contributed by atoms with Gasteiger partial charge in [-0.15, -0.1) is 0 Å². The number of hydrogen-bond donors (Lipinski definition) is 3. The van der Waals surface area contributed by atoms with E-state index in [4.69, 9.17) is 4.74 Å². The molecular formula is C21H32O6. The van der Waals surface area contributed by atoms with Gasteiger partial charge in [0.05, 0.1) is 5.56 Å². The Kier molecular flexibility index (Phi) is 10.3. The number of benzene rings is 1. The fourth-order valence-corrected chi connectivity index (χ4v) is 2.78. The normalized spacial score (nSPS) is 10.9. The molecule has 0 bridgehead atoms. The van der Waals surface area contributed by atoms with E-state index in [9.17, 15) is 24.9 Å². The number of Topliss-reactive ketones (excluding diaryl/α,β-unsaturated/α-hetero) is 1. The van der Waals surface area contributed by atoms with Gasteiger partial charge >= 0.3 is 5.97 Å². The van der Waals surface area contributed by atoms with Crippen LogP contribution in [0, 0.1) is 5.92 Å². The summed E-state index contributed by atoms with van der Waals surface area (Å²) in [6, 6.07) is 1.95. The third-order valence-corrected chi connectivity index (χ3v) is 4.41. The second-order valence-corrected chi connectivity index (χ2v) is 7.39. The third kappa shape index (κ3) is 9.31. The summed E-state index contributed by atoms with van der Waals surface area (Å²) in [6.45, 7) is 4.15. The van der Waals surface area contributed by atoms with Gasteiger partial charge in [0.2, 0.25) is 0 Å². The lowest BCUT2D eigenvalue weighted by Gasteiger charge is -2.07. The molecule has 0 aliphatic carbocycles. The molecule has 0 aliphatic rings. The maximum atomic E-state index is 11.8.